The average Bonchev–Trinajstić information content (AvgIpc) is 2.90. The quantitative estimate of drug-likeness (QED) is 0.432. The number of carbonyl (C=O) groups is 4. The molecule has 1 aliphatic heterocycles. The molecule has 0 spiro atoms. The van der Waals surface area contributed by atoms with Crippen LogP contribution in [0.4, 0.5) is 4.79 Å². The summed E-state index contributed by atoms with van der Waals surface area (Å²) in [5, 5.41) is 4.59. The summed E-state index contributed by atoms with van der Waals surface area (Å²) in [4.78, 5) is 66.4. The average molecular weight is 590 g/mol. The lowest BCUT2D eigenvalue weighted by atomic mass is 10.1. The highest BCUT2D eigenvalue weighted by Crippen LogP contribution is 2.25. The number of nitrogens with one attached hydrogen (secondary N) is 1. The van der Waals surface area contributed by atoms with Gasteiger partial charge in [0, 0.05) is 30.8 Å². The Kier molecular flexibility index (Phi) is 11.0. The van der Waals surface area contributed by atoms with Gasteiger partial charge in [0.25, 0.3) is 5.91 Å². The molecule has 0 unspecified atom stereocenters. The molecule has 1 N–H and O–H groups in total. The van der Waals surface area contributed by atoms with Crippen LogP contribution in [0.1, 0.15) is 56.7 Å². The van der Waals surface area contributed by atoms with Gasteiger partial charge in [-0.3, -0.25) is 14.4 Å². The molecule has 222 valence electrons. The first-order valence-corrected chi connectivity index (χ1v) is 13.8. The zero-order valence-corrected chi connectivity index (χ0v) is 24.7. The lowest BCUT2D eigenvalue weighted by Crippen LogP contribution is -2.55. The summed E-state index contributed by atoms with van der Waals surface area (Å²) in [6, 6.07) is 7.49. The second-order valence-corrected chi connectivity index (χ2v) is 10.8. The summed E-state index contributed by atoms with van der Waals surface area (Å²) in [6.45, 7) is 9.81. The van der Waals surface area contributed by atoms with Crippen LogP contribution in [0.3, 0.4) is 0 Å². The molecule has 41 heavy (non-hydrogen) atoms. The molecule has 0 aliphatic carbocycles. The monoisotopic (exact) mass is 589 g/mol. The Labute approximate surface area is 244 Å². The maximum absolute atomic E-state index is 13.6. The fraction of sp³-hybridized carbons (Fsp3) is 0.500. The number of hydrogen-bond donors (Lipinski definition) is 1. The van der Waals surface area contributed by atoms with E-state index in [1.165, 1.54) is 11.1 Å². The molecule has 2 heterocycles. The number of ether oxygens (including phenoxy) is 2. The van der Waals surface area contributed by atoms with E-state index in [9.17, 15) is 19.2 Å². The van der Waals surface area contributed by atoms with E-state index in [2.05, 4.69) is 15.3 Å². The van der Waals surface area contributed by atoms with Gasteiger partial charge in [0.1, 0.15) is 17.3 Å². The molecule has 0 saturated carbocycles. The Morgan fingerprint density at radius 2 is 1.76 bits per heavy atom. The lowest BCUT2D eigenvalue weighted by Gasteiger charge is -2.35. The van der Waals surface area contributed by atoms with Gasteiger partial charge in [-0.25, -0.2) is 14.8 Å². The number of amides is 2. The number of piperazine rings is 1. The third-order valence-electron chi connectivity index (χ3n) is 5.88. The van der Waals surface area contributed by atoms with Crippen molar-refractivity contribution in [3.05, 3.63) is 46.7 Å². The Morgan fingerprint density at radius 3 is 2.39 bits per heavy atom. The SMILES string of the molecule is CCOC(=O)ON1CCN(C(=O)[C@H](CCC(=O)OC(C)(C)C)NC(=O)c2cc(C)nc(-c3ccccc3Cl)n2)CC1. The first kappa shape index (κ1) is 31.8. The van der Waals surface area contributed by atoms with Crippen molar-refractivity contribution in [1.29, 1.82) is 0 Å². The first-order chi connectivity index (χ1) is 19.4. The number of esters is 1. The highest BCUT2D eigenvalue weighted by molar-refractivity contribution is 6.33. The van der Waals surface area contributed by atoms with E-state index in [0.717, 1.165) is 0 Å². The number of hydroxylamine groups is 2. The minimum Gasteiger partial charge on any atom is -0.460 e. The van der Waals surface area contributed by atoms with E-state index in [4.69, 9.17) is 25.9 Å². The Bertz CT molecular complexity index is 1260. The van der Waals surface area contributed by atoms with E-state index < -0.39 is 29.7 Å². The second-order valence-electron chi connectivity index (χ2n) is 10.4. The van der Waals surface area contributed by atoms with Crippen molar-refractivity contribution < 1.29 is 33.5 Å². The number of halogens is 1. The van der Waals surface area contributed by atoms with Crippen molar-refractivity contribution in [1.82, 2.24) is 25.2 Å². The van der Waals surface area contributed by atoms with Crippen molar-refractivity contribution in [2.24, 2.45) is 0 Å². The van der Waals surface area contributed by atoms with Gasteiger partial charge >= 0.3 is 12.1 Å². The van der Waals surface area contributed by atoms with Crippen LogP contribution in [-0.2, 0) is 23.9 Å². The Morgan fingerprint density at radius 1 is 1.07 bits per heavy atom. The molecule has 1 fully saturated rings. The number of aromatic nitrogens is 2. The van der Waals surface area contributed by atoms with Crippen LogP contribution in [0.5, 0.6) is 0 Å². The third-order valence-corrected chi connectivity index (χ3v) is 6.21. The summed E-state index contributed by atoms with van der Waals surface area (Å²) >= 11 is 6.31. The third kappa shape index (κ3) is 9.68. The molecular weight excluding hydrogens is 554 g/mol. The van der Waals surface area contributed by atoms with E-state index in [1.807, 2.05) is 0 Å². The molecule has 13 heteroatoms. The summed E-state index contributed by atoms with van der Waals surface area (Å²) in [7, 11) is 0. The minimum absolute atomic E-state index is 0.0143. The van der Waals surface area contributed by atoms with Gasteiger partial charge in [-0.2, -0.15) is 0 Å². The maximum Gasteiger partial charge on any atom is 0.527 e. The van der Waals surface area contributed by atoms with Gasteiger partial charge in [-0.05, 0) is 59.2 Å². The van der Waals surface area contributed by atoms with Gasteiger partial charge in [0.15, 0.2) is 5.82 Å². The highest BCUT2D eigenvalue weighted by Gasteiger charge is 2.31. The van der Waals surface area contributed by atoms with Gasteiger partial charge in [0.05, 0.1) is 24.7 Å². The molecule has 0 radical (unpaired) electrons. The largest absolute Gasteiger partial charge is 0.527 e. The highest BCUT2D eigenvalue weighted by atomic mass is 35.5. The van der Waals surface area contributed by atoms with Crippen LogP contribution in [0.25, 0.3) is 11.4 Å². The number of rotatable bonds is 9. The van der Waals surface area contributed by atoms with E-state index in [0.29, 0.717) is 16.3 Å². The van der Waals surface area contributed by atoms with Crippen molar-refractivity contribution >= 4 is 35.5 Å². The van der Waals surface area contributed by atoms with Crippen LogP contribution in [0, 0.1) is 6.92 Å². The van der Waals surface area contributed by atoms with Crippen molar-refractivity contribution in [2.45, 2.75) is 59.1 Å². The Hall–Kier alpha value is -3.77. The number of nitrogens with zero attached hydrogens (tertiary/aromatic N) is 4. The second kappa shape index (κ2) is 14.2. The van der Waals surface area contributed by atoms with Crippen LogP contribution in [0.2, 0.25) is 5.02 Å². The molecule has 2 amide bonds. The van der Waals surface area contributed by atoms with Gasteiger partial charge in [-0.15, -0.1) is 5.06 Å². The van der Waals surface area contributed by atoms with E-state index in [1.54, 1.807) is 63.8 Å². The number of benzene rings is 1. The fourth-order valence-electron chi connectivity index (χ4n) is 4.06. The van der Waals surface area contributed by atoms with E-state index >= 15 is 0 Å². The topological polar surface area (TPSA) is 140 Å². The normalized spacial score (nSPS) is 14.6. The predicted octanol–water partition coefficient (Wildman–Crippen LogP) is 3.56. The molecule has 3 rings (SSSR count). The molecule has 1 aromatic heterocycles. The van der Waals surface area contributed by atoms with Crippen LogP contribution in [0.15, 0.2) is 30.3 Å². The summed E-state index contributed by atoms with van der Waals surface area (Å²) in [5.41, 5.74) is 0.458. The molecule has 1 aromatic carbocycles. The predicted molar refractivity (Wildman–Crippen MR) is 150 cm³/mol. The maximum atomic E-state index is 13.6. The molecule has 1 saturated heterocycles. The van der Waals surface area contributed by atoms with E-state index in [-0.39, 0.29) is 63.1 Å². The Balaban J connectivity index is 1.76. The zero-order valence-electron chi connectivity index (χ0n) is 23.9. The summed E-state index contributed by atoms with van der Waals surface area (Å²) in [5.74, 6) is -1.20. The summed E-state index contributed by atoms with van der Waals surface area (Å²) < 4.78 is 10.2. The fourth-order valence-corrected chi connectivity index (χ4v) is 4.28. The molecule has 1 atom stereocenters. The van der Waals surface area contributed by atoms with Crippen LogP contribution in [-0.4, -0.2) is 88.3 Å². The van der Waals surface area contributed by atoms with Crippen molar-refractivity contribution in [3.63, 3.8) is 0 Å². The zero-order chi connectivity index (χ0) is 30.2. The van der Waals surface area contributed by atoms with Crippen LogP contribution < -0.4 is 5.32 Å². The summed E-state index contributed by atoms with van der Waals surface area (Å²) in [6.07, 6.45) is -0.889. The van der Waals surface area contributed by atoms with Gasteiger partial charge < -0.3 is 24.5 Å². The molecule has 1 aliphatic rings. The lowest BCUT2D eigenvalue weighted by molar-refractivity contribution is -0.158. The minimum atomic E-state index is -1.04. The van der Waals surface area contributed by atoms with Crippen LogP contribution >= 0.6 is 11.6 Å². The van der Waals surface area contributed by atoms with Crippen molar-refractivity contribution in [2.75, 3.05) is 32.8 Å². The van der Waals surface area contributed by atoms with Gasteiger partial charge in [0.2, 0.25) is 5.91 Å². The smallest absolute Gasteiger partial charge is 0.460 e. The molecule has 0 bridgehead atoms. The first-order valence-electron chi connectivity index (χ1n) is 13.4. The van der Waals surface area contributed by atoms with Crippen molar-refractivity contribution in [3.8, 4) is 11.4 Å². The number of carbonyl (C=O) groups excluding carboxylic acids is 4. The standard InChI is InChI=1S/C28H36ClN5O7/c1-6-39-27(38)41-34-15-13-33(14-16-34)26(37)21(11-12-23(35)40-28(3,4)5)32-25(36)22-17-18(2)30-24(31-22)19-9-7-8-10-20(19)29/h7-10,17,21H,6,11-16H2,1-5H3,(H,32,36)/t21-/m0/s1. The van der Waals surface area contributed by atoms with Gasteiger partial charge in [-0.1, -0.05) is 23.7 Å². The molecule has 2 aromatic rings. The molecular formula is C28H36ClN5O7. The number of aryl methyl sites for hydroxylation is 1. The number of hydrogen-bond acceptors (Lipinski definition) is 10. The molecule has 12 nitrogen and oxygen atoms in total.